The fraction of sp³-hybridized carbons (Fsp3) is 0.292. The Morgan fingerprint density at radius 2 is 1.94 bits per heavy atom. The molecule has 4 aromatic rings. The van der Waals surface area contributed by atoms with Crippen LogP contribution in [0.15, 0.2) is 61.2 Å². The lowest BCUT2D eigenvalue weighted by Crippen LogP contribution is -2.19. The number of pyridine rings is 1. The Labute approximate surface area is 191 Å². The van der Waals surface area contributed by atoms with Crippen molar-refractivity contribution in [3.8, 4) is 11.5 Å². The van der Waals surface area contributed by atoms with Gasteiger partial charge in [0, 0.05) is 24.1 Å². The quantitative estimate of drug-likeness (QED) is 0.383. The zero-order chi connectivity index (χ0) is 21.8. The van der Waals surface area contributed by atoms with E-state index >= 15 is 0 Å². The maximum absolute atomic E-state index is 6.47. The van der Waals surface area contributed by atoms with Gasteiger partial charge in [-0.1, -0.05) is 24.1 Å². The van der Waals surface area contributed by atoms with E-state index in [1.54, 1.807) is 10.7 Å². The van der Waals surface area contributed by atoms with Crippen molar-refractivity contribution in [3.05, 3.63) is 71.9 Å². The number of benzene rings is 1. The molecule has 0 bridgehead atoms. The monoisotopic (exact) mass is 449 g/mol. The summed E-state index contributed by atoms with van der Waals surface area (Å²) in [5.74, 6) is 2.05. The highest BCUT2D eigenvalue weighted by atomic mass is 35.5. The lowest BCUT2D eigenvalue weighted by atomic mass is 9.98. The Balaban J connectivity index is 1.33. The average Bonchev–Trinajstić information content (AvgIpc) is 3.24. The molecule has 1 aromatic carbocycles. The third-order valence-electron chi connectivity index (χ3n) is 5.56. The second-order valence-electron chi connectivity index (χ2n) is 7.84. The molecule has 0 aliphatic heterocycles. The van der Waals surface area contributed by atoms with Crippen molar-refractivity contribution >= 4 is 28.6 Å². The van der Waals surface area contributed by atoms with E-state index in [-0.39, 0.29) is 6.10 Å². The van der Waals surface area contributed by atoms with E-state index in [1.165, 1.54) is 25.6 Å². The summed E-state index contributed by atoms with van der Waals surface area (Å²) in [7, 11) is 0. The van der Waals surface area contributed by atoms with Crippen LogP contribution in [0.4, 0.5) is 11.5 Å². The van der Waals surface area contributed by atoms with E-state index in [2.05, 4.69) is 20.4 Å². The molecule has 8 heteroatoms. The van der Waals surface area contributed by atoms with E-state index in [0.717, 1.165) is 35.5 Å². The molecule has 1 saturated carbocycles. The van der Waals surface area contributed by atoms with Gasteiger partial charge < -0.3 is 14.8 Å². The molecule has 0 radical (unpaired) electrons. The van der Waals surface area contributed by atoms with Gasteiger partial charge in [0.25, 0.3) is 0 Å². The normalized spacial score (nSPS) is 14.4. The van der Waals surface area contributed by atoms with Crippen LogP contribution in [0.5, 0.6) is 11.5 Å². The average molecular weight is 450 g/mol. The summed E-state index contributed by atoms with van der Waals surface area (Å²) in [5.41, 5.74) is 2.45. The summed E-state index contributed by atoms with van der Waals surface area (Å²) in [6.45, 7) is 0.353. The van der Waals surface area contributed by atoms with Crippen LogP contribution in [0.25, 0.3) is 5.52 Å². The van der Waals surface area contributed by atoms with E-state index in [4.69, 9.17) is 21.1 Å². The fourth-order valence-corrected chi connectivity index (χ4v) is 4.18. The molecule has 1 aliphatic carbocycles. The third kappa shape index (κ3) is 4.62. The van der Waals surface area contributed by atoms with Gasteiger partial charge in [-0.25, -0.2) is 9.50 Å². The number of fused-ring (bicyclic) bond motifs is 1. The SMILES string of the molecule is Clc1cc(Nc2ncnn3ccc(OC4CCCCC4)c23)ccc1OCc1ccccn1. The van der Waals surface area contributed by atoms with Crippen molar-refractivity contribution in [2.24, 2.45) is 0 Å². The van der Waals surface area contributed by atoms with Crippen molar-refractivity contribution in [2.75, 3.05) is 5.32 Å². The summed E-state index contributed by atoms with van der Waals surface area (Å²) < 4.78 is 13.9. The molecule has 3 aromatic heterocycles. The van der Waals surface area contributed by atoms with Gasteiger partial charge in [-0.15, -0.1) is 0 Å². The summed E-state index contributed by atoms with van der Waals surface area (Å²) in [6, 6.07) is 13.2. The molecule has 3 heterocycles. The van der Waals surface area contributed by atoms with Crippen molar-refractivity contribution in [1.29, 1.82) is 0 Å². The lowest BCUT2D eigenvalue weighted by molar-refractivity contribution is 0.157. The van der Waals surface area contributed by atoms with E-state index in [1.807, 2.05) is 48.7 Å². The molecule has 5 rings (SSSR count). The number of nitrogens with one attached hydrogen (secondary N) is 1. The number of ether oxygens (including phenoxy) is 2. The summed E-state index contributed by atoms with van der Waals surface area (Å²) in [4.78, 5) is 8.71. The second kappa shape index (κ2) is 9.44. The maximum atomic E-state index is 6.47. The van der Waals surface area contributed by atoms with Gasteiger partial charge in [0.1, 0.15) is 24.2 Å². The number of nitrogens with zero attached hydrogens (tertiary/aromatic N) is 4. The predicted molar refractivity (Wildman–Crippen MR) is 124 cm³/mol. The molecule has 0 atom stereocenters. The van der Waals surface area contributed by atoms with Gasteiger partial charge >= 0.3 is 0 Å². The van der Waals surface area contributed by atoms with Crippen LogP contribution >= 0.6 is 11.6 Å². The Kier molecular flexibility index (Phi) is 6.07. The number of halogens is 1. The molecule has 164 valence electrons. The minimum atomic E-state index is 0.244. The molecule has 0 unspecified atom stereocenters. The number of hydrogen-bond acceptors (Lipinski definition) is 6. The standard InChI is InChI=1S/C24H24ClN5O2/c25-20-14-17(9-10-21(20)31-15-18-6-4-5-12-26-18)29-24-23-22(11-13-30(23)28-16-27-24)32-19-7-2-1-3-8-19/h4-6,9-14,16,19H,1-3,7-8,15H2,(H,27,28,29). The number of aromatic nitrogens is 4. The molecule has 0 amide bonds. The van der Waals surface area contributed by atoms with Gasteiger partial charge in [0.05, 0.1) is 16.8 Å². The Morgan fingerprint density at radius 1 is 1.03 bits per heavy atom. The van der Waals surface area contributed by atoms with Gasteiger partial charge in [-0.05, 0) is 56.0 Å². The number of anilines is 2. The Bertz CT molecular complexity index is 1190. The van der Waals surface area contributed by atoms with Crippen LogP contribution in [-0.2, 0) is 6.61 Å². The van der Waals surface area contributed by atoms with Crippen LogP contribution in [0.3, 0.4) is 0 Å². The zero-order valence-corrected chi connectivity index (χ0v) is 18.3. The van der Waals surface area contributed by atoms with Gasteiger partial charge in [0.2, 0.25) is 0 Å². The van der Waals surface area contributed by atoms with Gasteiger partial charge in [0.15, 0.2) is 11.6 Å². The molecule has 1 aliphatic rings. The van der Waals surface area contributed by atoms with Crippen molar-refractivity contribution in [1.82, 2.24) is 19.6 Å². The van der Waals surface area contributed by atoms with E-state index in [9.17, 15) is 0 Å². The molecular formula is C24H24ClN5O2. The first-order chi connectivity index (χ1) is 15.8. The topological polar surface area (TPSA) is 73.6 Å². The first-order valence-electron chi connectivity index (χ1n) is 10.8. The number of rotatable bonds is 7. The Hall–Kier alpha value is -3.32. The van der Waals surface area contributed by atoms with Crippen LogP contribution in [0.1, 0.15) is 37.8 Å². The molecule has 1 fully saturated rings. The largest absolute Gasteiger partial charge is 0.488 e. The van der Waals surface area contributed by atoms with Gasteiger partial charge in [-0.3, -0.25) is 4.98 Å². The summed E-state index contributed by atoms with van der Waals surface area (Å²) in [6.07, 6.45) is 11.3. The first-order valence-corrected chi connectivity index (χ1v) is 11.2. The minimum absolute atomic E-state index is 0.244. The highest BCUT2D eigenvalue weighted by Gasteiger charge is 2.19. The minimum Gasteiger partial charge on any atom is -0.488 e. The lowest BCUT2D eigenvalue weighted by Gasteiger charge is -2.22. The zero-order valence-electron chi connectivity index (χ0n) is 17.6. The fourth-order valence-electron chi connectivity index (χ4n) is 3.94. The predicted octanol–water partition coefficient (Wildman–Crippen LogP) is 5.81. The highest BCUT2D eigenvalue weighted by molar-refractivity contribution is 6.32. The van der Waals surface area contributed by atoms with Crippen LogP contribution in [0.2, 0.25) is 5.02 Å². The highest BCUT2D eigenvalue weighted by Crippen LogP contribution is 2.33. The van der Waals surface area contributed by atoms with Crippen molar-refractivity contribution in [3.63, 3.8) is 0 Å². The molecular weight excluding hydrogens is 426 g/mol. The molecule has 1 N–H and O–H groups in total. The van der Waals surface area contributed by atoms with Crippen molar-refractivity contribution in [2.45, 2.75) is 44.8 Å². The summed E-state index contributed by atoms with van der Waals surface area (Å²) >= 11 is 6.47. The molecule has 0 spiro atoms. The van der Waals surface area contributed by atoms with Crippen LogP contribution < -0.4 is 14.8 Å². The van der Waals surface area contributed by atoms with Crippen LogP contribution in [0, 0.1) is 0 Å². The maximum Gasteiger partial charge on any atom is 0.162 e. The second-order valence-corrected chi connectivity index (χ2v) is 8.25. The summed E-state index contributed by atoms with van der Waals surface area (Å²) in [5, 5.41) is 8.17. The molecule has 0 saturated heterocycles. The molecule has 7 nitrogen and oxygen atoms in total. The first kappa shape index (κ1) is 20.6. The molecule has 32 heavy (non-hydrogen) atoms. The van der Waals surface area contributed by atoms with Crippen molar-refractivity contribution < 1.29 is 9.47 Å². The smallest absolute Gasteiger partial charge is 0.162 e. The number of hydrogen-bond donors (Lipinski definition) is 1. The van der Waals surface area contributed by atoms with E-state index < -0.39 is 0 Å². The van der Waals surface area contributed by atoms with Crippen LogP contribution in [-0.4, -0.2) is 25.7 Å². The van der Waals surface area contributed by atoms with E-state index in [0.29, 0.717) is 23.2 Å². The third-order valence-corrected chi connectivity index (χ3v) is 5.85. The Morgan fingerprint density at radius 3 is 2.75 bits per heavy atom. The van der Waals surface area contributed by atoms with Gasteiger partial charge in [-0.2, -0.15) is 5.10 Å².